The summed E-state index contributed by atoms with van der Waals surface area (Å²) in [6, 6.07) is 15.0. The second-order valence-electron chi connectivity index (χ2n) is 5.53. The van der Waals surface area contributed by atoms with E-state index in [4.69, 9.17) is 0 Å². The quantitative estimate of drug-likeness (QED) is 0.849. The first-order chi connectivity index (χ1) is 11.1. The highest BCUT2D eigenvalue weighted by Gasteiger charge is 2.07. The van der Waals surface area contributed by atoms with E-state index in [0.717, 1.165) is 17.5 Å². The summed E-state index contributed by atoms with van der Waals surface area (Å²) in [4.78, 5) is 23.8. The second-order valence-corrected chi connectivity index (χ2v) is 5.53. The lowest BCUT2D eigenvalue weighted by molar-refractivity contribution is -0.116. The molecule has 2 amide bonds. The molecule has 0 bridgehead atoms. The Morgan fingerprint density at radius 3 is 2.22 bits per heavy atom. The molecule has 0 spiro atoms. The van der Waals surface area contributed by atoms with Crippen molar-refractivity contribution in [2.24, 2.45) is 0 Å². The summed E-state index contributed by atoms with van der Waals surface area (Å²) in [7, 11) is 0. The zero-order valence-corrected chi connectivity index (χ0v) is 13.6. The average molecular weight is 310 g/mol. The maximum absolute atomic E-state index is 12.2. The summed E-state index contributed by atoms with van der Waals surface area (Å²) in [6.07, 6.45) is 1.63. The highest BCUT2D eigenvalue weighted by molar-refractivity contribution is 5.94. The van der Waals surface area contributed by atoms with Crippen molar-refractivity contribution in [2.45, 2.75) is 33.1 Å². The lowest BCUT2D eigenvalue weighted by Gasteiger charge is -2.09. The van der Waals surface area contributed by atoms with Crippen molar-refractivity contribution in [1.82, 2.24) is 0 Å². The monoisotopic (exact) mass is 310 g/mol. The van der Waals surface area contributed by atoms with E-state index in [0.29, 0.717) is 24.2 Å². The molecule has 0 aliphatic heterocycles. The van der Waals surface area contributed by atoms with Crippen LogP contribution in [0.15, 0.2) is 48.5 Å². The number of amides is 2. The summed E-state index contributed by atoms with van der Waals surface area (Å²) >= 11 is 0. The van der Waals surface area contributed by atoms with E-state index >= 15 is 0 Å². The number of anilines is 2. The van der Waals surface area contributed by atoms with Crippen molar-refractivity contribution in [1.29, 1.82) is 0 Å². The Hall–Kier alpha value is -2.62. The van der Waals surface area contributed by atoms with Gasteiger partial charge in [0.1, 0.15) is 0 Å². The fourth-order valence-electron chi connectivity index (χ4n) is 2.31. The van der Waals surface area contributed by atoms with Gasteiger partial charge in [0.15, 0.2) is 0 Å². The van der Waals surface area contributed by atoms with Crippen molar-refractivity contribution in [3.05, 3.63) is 59.7 Å². The molecule has 2 aromatic carbocycles. The predicted molar refractivity (Wildman–Crippen MR) is 93.5 cm³/mol. The van der Waals surface area contributed by atoms with Crippen LogP contribution < -0.4 is 10.6 Å². The molecule has 2 rings (SSSR count). The Bertz CT molecular complexity index is 695. The topological polar surface area (TPSA) is 58.2 Å². The van der Waals surface area contributed by atoms with Gasteiger partial charge in [-0.3, -0.25) is 9.59 Å². The Labute approximate surface area is 136 Å². The van der Waals surface area contributed by atoms with Gasteiger partial charge in [-0.1, -0.05) is 37.3 Å². The molecule has 0 aromatic heterocycles. The molecule has 0 aliphatic rings. The van der Waals surface area contributed by atoms with Crippen LogP contribution in [0.5, 0.6) is 0 Å². The predicted octanol–water partition coefficient (Wildman–Crippen LogP) is 3.91. The van der Waals surface area contributed by atoms with Crippen LogP contribution in [0.1, 0.15) is 30.9 Å². The van der Waals surface area contributed by atoms with Crippen molar-refractivity contribution >= 4 is 23.2 Å². The minimum absolute atomic E-state index is 0.0177. The van der Waals surface area contributed by atoms with Gasteiger partial charge >= 0.3 is 0 Å². The molecule has 0 radical (unpaired) electrons. The van der Waals surface area contributed by atoms with E-state index in [9.17, 15) is 9.59 Å². The summed E-state index contributed by atoms with van der Waals surface area (Å²) in [5.74, 6) is -0.0905. The lowest BCUT2D eigenvalue weighted by atomic mass is 10.1. The van der Waals surface area contributed by atoms with Crippen LogP contribution in [0.3, 0.4) is 0 Å². The molecule has 0 heterocycles. The molecule has 0 saturated carbocycles. The highest BCUT2D eigenvalue weighted by Crippen LogP contribution is 2.16. The standard InChI is InChI=1S/C19H22N2O2/c1-3-7-18(22)20-16-10-6-11-17(13-16)21-19(23)12-15-9-5-4-8-14(15)2/h4-6,8-11,13H,3,7,12H2,1-2H3,(H,20,22)(H,21,23). The largest absolute Gasteiger partial charge is 0.326 e. The van der Waals surface area contributed by atoms with E-state index < -0.39 is 0 Å². The van der Waals surface area contributed by atoms with E-state index in [1.165, 1.54) is 0 Å². The van der Waals surface area contributed by atoms with Crippen LogP contribution in [0.2, 0.25) is 0 Å². The Balaban J connectivity index is 1.98. The third-order valence-corrected chi connectivity index (χ3v) is 3.52. The Morgan fingerprint density at radius 2 is 1.57 bits per heavy atom. The molecule has 0 atom stereocenters. The first-order valence-electron chi connectivity index (χ1n) is 7.82. The fourth-order valence-corrected chi connectivity index (χ4v) is 2.31. The maximum Gasteiger partial charge on any atom is 0.228 e. The van der Waals surface area contributed by atoms with Gasteiger partial charge in [0.2, 0.25) is 11.8 Å². The van der Waals surface area contributed by atoms with Gasteiger partial charge in [0, 0.05) is 17.8 Å². The van der Waals surface area contributed by atoms with Gasteiger partial charge in [0.05, 0.1) is 6.42 Å². The van der Waals surface area contributed by atoms with Crippen LogP contribution >= 0.6 is 0 Å². The van der Waals surface area contributed by atoms with Crippen molar-refractivity contribution < 1.29 is 9.59 Å². The zero-order chi connectivity index (χ0) is 16.7. The Kier molecular flexibility index (Phi) is 5.92. The summed E-state index contributed by atoms with van der Waals surface area (Å²) in [6.45, 7) is 3.95. The SMILES string of the molecule is CCCC(=O)Nc1cccc(NC(=O)Cc2ccccc2C)c1. The molecule has 120 valence electrons. The minimum Gasteiger partial charge on any atom is -0.326 e. The molecule has 0 unspecified atom stereocenters. The summed E-state index contributed by atoms with van der Waals surface area (Å²) in [5.41, 5.74) is 3.48. The van der Waals surface area contributed by atoms with Crippen LogP contribution in [-0.2, 0) is 16.0 Å². The van der Waals surface area contributed by atoms with Gasteiger partial charge in [-0.05, 0) is 42.7 Å². The number of aryl methyl sites for hydroxylation is 1. The lowest BCUT2D eigenvalue weighted by Crippen LogP contribution is -2.15. The number of carbonyl (C=O) groups is 2. The van der Waals surface area contributed by atoms with Gasteiger partial charge in [-0.15, -0.1) is 0 Å². The highest BCUT2D eigenvalue weighted by atomic mass is 16.2. The van der Waals surface area contributed by atoms with E-state index in [1.54, 1.807) is 6.07 Å². The molecule has 0 saturated heterocycles. The third-order valence-electron chi connectivity index (χ3n) is 3.52. The number of hydrogen-bond donors (Lipinski definition) is 2. The number of rotatable bonds is 6. The third kappa shape index (κ3) is 5.25. The van der Waals surface area contributed by atoms with Crippen molar-refractivity contribution in [2.75, 3.05) is 10.6 Å². The number of nitrogens with one attached hydrogen (secondary N) is 2. The zero-order valence-electron chi connectivity index (χ0n) is 13.6. The first-order valence-corrected chi connectivity index (χ1v) is 7.82. The van der Waals surface area contributed by atoms with Gasteiger partial charge in [0.25, 0.3) is 0 Å². The number of hydrogen-bond acceptors (Lipinski definition) is 2. The second kappa shape index (κ2) is 8.13. The molecule has 4 nitrogen and oxygen atoms in total. The van der Waals surface area contributed by atoms with Crippen LogP contribution in [-0.4, -0.2) is 11.8 Å². The van der Waals surface area contributed by atoms with Crippen LogP contribution in [0, 0.1) is 6.92 Å². The van der Waals surface area contributed by atoms with Gasteiger partial charge in [-0.25, -0.2) is 0 Å². The van der Waals surface area contributed by atoms with Crippen LogP contribution in [0.4, 0.5) is 11.4 Å². The fraction of sp³-hybridized carbons (Fsp3) is 0.263. The maximum atomic E-state index is 12.2. The molecule has 0 aliphatic carbocycles. The van der Waals surface area contributed by atoms with Gasteiger partial charge < -0.3 is 10.6 Å². The van der Waals surface area contributed by atoms with Crippen LogP contribution in [0.25, 0.3) is 0 Å². The van der Waals surface area contributed by atoms with E-state index in [-0.39, 0.29) is 11.8 Å². The molecular formula is C19H22N2O2. The van der Waals surface area contributed by atoms with E-state index in [2.05, 4.69) is 10.6 Å². The number of benzene rings is 2. The molecule has 2 aromatic rings. The molecule has 2 N–H and O–H groups in total. The first kappa shape index (κ1) is 16.7. The molecule has 4 heteroatoms. The van der Waals surface area contributed by atoms with Crippen molar-refractivity contribution in [3.63, 3.8) is 0 Å². The smallest absolute Gasteiger partial charge is 0.228 e. The Morgan fingerprint density at radius 1 is 0.913 bits per heavy atom. The molecule has 23 heavy (non-hydrogen) atoms. The summed E-state index contributed by atoms with van der Waals surface area (Å²) < 4.78 is 0. The average Bonchev–Trinajstić information content (AvgIpc) is 2.50. The van der Waals surface area contributed by atoms with Crippen molar-refractivity contribution in [3.8, 4) is 0 Å². The summed E-state index contributed by atoms with van der Waals surface area (Å²) in [5, 5.41) is 5.70. The minimum atomic E-state index is -0.0728. The number of carbonyl (C=O) groups excluding carboxylic acids is 2. The molecule has 0 fully saturated rings. The molecular weight excluding hydrogens is 288 g/mol. The normalized spacial score (nSPS) is 10.2. The van der Waals surface area contributed by atoms with Gasteiger partial charge in [-0.2, -0.15) is 0 Å². The van der Waals surface area contributed by atoms with E-state index in [1.807, 2.05) is 56.3 Å².